The first-order valence-electron chi connectivity index (χ1n) is 3.95. The minimum Gasteiger partial charge on any atom is -0.367 e. The molecule has 0 radical (unpaired) electrons. The van der Waals surface area contributed by atoms with E-state index in [9.17, 15) is 4.79 Å². The topological polar surface area (TPSA) is 112 Å². The largest absolute Gasteiger partial charge is 0.367 e. The molecule has 3 N–H and O–H groups in total. The number of nitrogen functional groups attached to an aromatic ring is 1. The third-order valence-electron chi connectivity index (χ3n) is 1.47. The molecule has 0 fully saturated rings. The molecule has 2 heterocycles. The van der Waals surface area contributed by atoms with Crippen LogP contribution in [0.2, 0.25) is 0 Å². The average molecular weight is 225 g/mol. The molecule has 2 aromatic heterocycles. The fraction of sp³-hybridized carbons (Fsp3) is 0.167. The number of anilines is 2. The van der Waals surface area contributed by atoms with Gasteiger partial charge >= 0.3 is 0 Å². The van der Waals surface area contributed by atoms with Gasteiger partial charge in [0.2, 0.25) is 17.0 Å². The second-order valence-electron chi connectivity index (χ2n) is 2.59. The molecule has 2 aromatic rings. The SMILES string of the molecule is Nc1ncn(CC(=O)Nc2nncs2)n1. The Balaban J connectivity index is 1.93. The van der Waals surface area contributed by atoms with Crippen molar-refractivity contribution in [2.75, 3.05) is 11.1 Å². The van der Waals surface area contributed by atoms with E-state index in [1.807, 2.05) is 0 Å². The van der Waals surface area contributed by atoms with E-state index in [0.29, 0.717) is 5.13 Å². The van der Waals surface area contributed by atoms with Crippen LogP contribution in [0, 0.1) is 0 Å². The van der Waals surface area contributed by atoms with Gasteiger partial charge in [0, 0.05) is 0 Å². The molecule has 0 aliphatic rings. The lowest BCUT2D eigenvalue weighted by atomic mass is 10.6. The van der Waals surface area contributed by atoms with Crippen LogP contribution in [-0.2, 0) is 11.3 Å². The van der Waals surface area contributed by atoms with Crippen LogP contribution in [0.1, 0.15) is 0 Å². The Morgan fingerprint density at radius 2 is 2.53 bits per heavy atom. The van der Waals surface area contributed by atoms with Gasteiger partial charge in [-0.3, -0.25) is 10.1 Å². The number of hydrogen-bond acceptors (Lipinski definition) is 7. The summed E-state index contributed by atoms with van der Waals surface area (Å²) in [5.74, 6) is -0.115. The molecule has 0 spiro atoms. The van der Waals surface area contributed by atoms with Gasteiger partial charge in [0.05, 0.1) is 0 Å². The highest BCUT2D eigenvalue weighted by atomic mass is 32.1. The summed E-state index contributed by atoms with van der Waals surface area (Å²) >= 11 is 1.24. The predicted octanol–water partition coefficient (Wildman–Crippen LogP) is -0.650. The Morgan fingerprint density at radius 1 is 1.67 bits per heavy atom. The van der Waals surface area contributed by atoms with Crippen LogP contribution in [0.3, 0.4) is 0 Å². The highest BCUT2D eigenvalue weighted by Gasteiger charge is 2.06. The Labute approximate surface area is 88.1 Å². The maximum atomic E-state index is 11.4. The summed E-state index contributed by atoms with van der Waals surface area (Å²) in [5, 5.41) is 14.0. The second-order valence-corrected chi connectivity index (χ2v) is 3.43. The van der Waals surface area contributed by atoms with Crippen LogP contribution in [0.5, 0.6) is 0 Å². The zero-order chi connectivity index (χ0) is 10.7. The van der Waals surface area contributed by atoms with E-state index < -0.39 is 0 Å². The molecular weight excluding hydrogens is 218 g/mol. The fourth-order valence-electron chi connectivity index (χ4n) is 0.919. The van der Waals surface area contributed by atoms with Crippen molar-refractivity contribution < 1.29 is 4.79 Å². The minimum atomic E-state index is -0.253. The third-order valence-corrected chi connectivity index (χ3v) is 2.07. The van der Waals surface area contributed by atoms with E-state index in [1.54, 1.807) is 0 Å². The van der Waals surface area contributed by atoms with Crippen LogP contribution >= 0.6 is 11.3 Å². The number of rotatable bonds is 3. The highest BCUT2D eigenvalue weighted by molar-refractivity contribution is 7.13. The van der Waals surface area contributed by atoms with Crippen LogP contribution < -0.4 is 11.1 Å². The summed E-state index contributed by atoms with van der Waals surface area (Å²) in [7, 11) is 0. The van der Waals surface area contributed by atoms with E-state index >= 15 is 0 Å². The number of carbonyl (C=O) groups excluding carboxylic acids is 1. The molecule has 0 bridgehead atoms. The van der Waals surface area contributed by atoms with Crippen LogP contribution in [0.4, 0.5) is 11.1 Å². The van der Waals surface area contributed by atoms with Gasteiger partial charge in [0.15, 0.2) is 0 Å². The van der Waals surface area contributed by atoms with Crippen molar-refractivity contribution in [3.63, 3.8) is 0 Å². The summed E-state index contributed by atoms with van der Waals surface area (Å²) < 4.78 is 1.34. The summed E-state index contributed by atoms with van der Waals surface area (Å²) in [4.78, 5) is 15.1. The van der Waals surface area contributed by atoms with E-state index in [2.05, 4.69) is 25.6 Å². The smallest absolute Gasteiger partial charge is 0.248 e. The summed E-state index contributed by atoms with van der Waals surface area (Å²) in [5.41, 5.74) is 6.83. The number of hydrogen-bond donors (Lipinski definition) is 2. The van der Waals surface area contributed by atoms with Crippen LogP contribution in [0.25, 0.3) is 0 Å². The van der Waals surface area contributed by atoms with Crippen molar-refractivity contribution in [3.05, 3.63) is 11.8 Å². The van der Waals surface area contributed by atoms with Gasteiger partial charge in [0.25, 0.3) is 0 Å². The molecule has 0 aliphatic carbocycles. The minimum absolute atomic E-state index is 0.0454. The Kier molecular flexibility index (Phi) is 2.54. The molecule has 0 saturated carbocycles. The molecule has 0 atom stereocenters. The number of aromatic nitrogens is 5. The van der Waals surface area contributed by atoms with Crippen molar-refractivity contribution in [2.24, 2.45) is 0 Å². The van der Waals surface area contributed by atoms with Gasteiger partial charge in [-0.05, 0) is 0 Å². The van der Waals surface area contributed by atoms with Gasteiger partial charge < -0.3 is 5.73 Å². The monoisotopic (exact) mass is 225 g/mol. The summed E-state index contributed by atoms with van der Waals surface area (Å²) in [6.07, 6.45) is 1.38. The number of nitrogens with two attached hydrogens (primary N) is 1. The molecule has 0 aliphatic heterocycles. The quantitative estimate of drug-likeness (QED) is 0.718. The standard InChI is InChI=1S/C6H7N7OS/c7-5-8-2-13(12-5)1-4(14)10-6-11-9-3-15-6/h2-3H,1H2,(H2,7,12)(H,10,11,14). The van der Waals surface area contributed by atoms with E-state index in [1.165, 1.54) is 27.9 Å². The highest BCUT2D eigenvalue weighted by Crippen LogP contribution is 2.07. The van der Waals surface area contributed by atoms with E-state index in [4.69, 9.17) is 5.73 Å². The van der Waals surface area contributed by atoms with Crippen LogP contribution in [-0.4, -0.2) is 30.9 Å². The van der Waals surface area contributed by atoms with Crippen molar-refractivity contribution in [3.8, 4) is 0 Å². The average Bonchev–Trinajstić information content (AvgIpc) is 2.77. The molecule has 0 aromatic carbocycles. The lowest BCUT2D eigenvalue weighted by Gasteiger charge is -1.99. The van der Waals surface area contributed by atoms with Gasteiger partial charge in [-0.1, -0.05) is 11.3 Å². The van der Waals surface area contributed by atoms with Crippen molar-refractivity contribution in [1.29, 1.82) is 0 Å². The zero-order valence-electron chi connectivity index (χ0n) is 7.49. The number of amides is 1. The fourth-order valence-corrected chi connectivity index (χ4v) is 1.38. The number of nitrogens with zero attached hydrogens (tertiary/aromatic N) is 5. The van der Waals surface area contributed by atoms with E-state index in [0.717, 1.165) is 0 Å². The maximum absolute atomic E-state index is 11.4. The normalized spacial score (nSPS) is 10.1. The van der Waals surface area contributed by atoms with Gasteiger partial charge in [-0.15, -0.1) is 15.3 Å². The van der Waals surface area contributed by atoms with Crippen molar-refractivity contribution in [2.45, 2.75) is 6.54 Å². The molecule has 15 heavy (non-hydrogen) atoms. The number of carbonyl (C=O) groups is 1. The molecule has 2 rings (SSSR count). The first kappa shape index (κ1) is 9.52. The molecule has 1 amide bonds. The molecular formula is C6H7N7OS. The first-order valence-corrected chi connectivity index (χ1v) is 4.83. The second kappa shape index (κ2) is 4.00. The summed E-state index contributed by atoms with van der Waals surface area (Å²) in [6.45, 7) is 0.0454. The van der Waals surface area contributed by atoms with Gasteiger partial charge in [-0.2, -0.15) is 0 Å². The van der Waals surface area contributed by atoms with Crippen molar-refractivity contribution >= 4 is 28.3 Å². The first-order chi connectivity index (χ1) is 7.24. The Hall–Kier alpha value is -2.03. The molecule has 8 nitrogen and oxygen atoms in total. The number of nitrogens with one attached hydrogen (secondary N) is 1. The molecule has 0 unspecified atom stereocenters. The lowest BCUT2D eigenvalue weighted by molar-refractivity contribution is -0.116. The molecule has 78 valence electrons. The van der Waals surface area contributed by atoms with Gasteiger partial charge in [-0.25, -0.2) is 9.67 Å². The van der Waals surface area contributed by atoms with E-state index in [-0.39, 0.29) is 18.4 Å². The third kappa shape index (κ3) is 2.47. The predicted molar refractivity (Wildman–Crippen MR) is 53.0 cm³/mol. The summed E-state index contributed by atoms with van der Waals surface area (Å²) in [6, 6.07) is 0. The molecule has 0 saturated heterocycles. The van der Waals surface area contributed by atoms with Gasteiger partial charge in [0.1, 0.15) is 18.4 Å². The Bertz CT molecular complexity index is 450. The zero-order valence-corrected chi connectivity index (χ0v) is 8.31. The maximum Gasteiger partial charge on any atom is 0.248 e. The molecule has 9 heteroatoms. The Morgan fingerprint density at radius 3 is 3.13 bits per heavy atom. The lowest BCUT2D eigenvalue weighted by Crippen LogP contribution is -2.19. The van der Waals surface area contributed by atoms with Crippen LogP contribution in [0.15, 0.2) is 11.8 Å². The van der Waals surface area contributed by atoms with Crippen molar-refractivity contribution in [1.82, 2.24) is 25.0 Å².